The average Bonchev–Trinajstić information content (AvgIpc) is 3.45. The van der Waals surface area contributed by atoms with Gasteiger partial charge in [-0.15, -0.1) is 0 Å². The molecule has 0 radical (unpaired) electrons. The highest BCUT2D eigenvalue weighted by molar-refractivity contribution is 5.87. The number of hydrogen-bond donors (Lipinski definition) is 5. The molecule has 5 fully saturated rings. The van der Waals surface area contributed by atoms with E-state index in [0.29, 0.717) is 25.7 Å². The van der Waals surface area contributed by atoms with Crippen LogP contribution in [0.5, 0.6) is 0 Å². The Kier molecular flexibility index (Phi) is 13.6. The van der Waals surface area contributed by atoms with E-state index in [1.165, 1.54) is 13.2 Å². The van der Waals surface area contributed by atoms with Crippen molar-refractivity contribution in [3.05, 3.63) is 53.6 Å². The van der Waals surface area contributed by atoms with Crippen molar-refractivity contribution in [2.75, 3.05) is 7.11 Å². The molecule has 346 valence electrons. The van der Waals surface area contributed by atoms with E-state index in [2.05, 4.69) is 6.92 Å². The summed E-state index contributed by atoms with van der Waals surface area (Å²) < 4.78 is 42.5. The first-order valence-corrected chi connectivity index (χ1v) is 22.7. The van der Waals surface area contributed by atoms with Crippen LogP contribution in [0.3, 0.4) is 0 Å². The fourth-order valence-corrected chi connectivity index (χ4v) is 12.2. The van der Waals surface area contributed by atoms with Gasteiger partial charge in [0.05, 0.1) is 35.9 Å². The van der Waals surface area contributed by atoms with E-state index in [1.807, 2.05) is 57.2 Å². The molecule has 0 unspecified atom stereocenters. The summed E-state index contributed by atoms with van der Waals surface area (Å²) in [5.41, 5.74) is -5.98. The molecule has 5 N–H and O–H groups in total. The summed E-state index contributed by atoms with van der Waals surface area (Å²) in [6, 6.07) is 9.32. The molecule has 1 aromatic rings. The zero-order chi connectivity index (χ0) is 45.0. The van der Waals surface area contributed by atoms with Gasteiger partial charge >= 0.3 is 11.9 Å². The van der Waals surface area contributed by atoms with Gasteiger partial charge in [-0.05, 0) is 88.7 Å². The molecule has 6 aliphatic rings. The minimum absolute atomic E-state index is 0.00339. The summed E-state index contributed by atoms with van der Waals surface area (Å²) in [7, 11) is 1.53. The lowest BCUT2D eigenvalue weighted by Gasteiger charge is -2.67. The first kappa shape index (κ1) is 47.2. The fraction of sp³-hybridized carbons (Fsp3) is 0.750. The molecular formula is C48H70O14. The van der Waals surface area contributed by atoms with Crippen molar-refractivity contribution in [1.29, 1.82) is 0 Å². The molecule has 0 spiro atoms. The van der Waals surface area contributed by atoms with Crippen molar-refractivity contribution >= 4 is 18.0 Å². The van der Waals surface area contributed by atoms with Crippen molar-refractivity contribution < 1.29 is 68.3 Å². The van der Waals surface area contributed by atoms with E-state index in [9.17, 15) is 35.1 Å². The number of carbonyl (C=O) groups excluding carboxylic acids is 2. The van der Waals surface area contributed by atoms with E-state index in [-0.39, 0.29) is 50.5 Å². The van der Waals surface area contributed by atoms with E-state index >= 15 is 0 Å². The number of aliphatic hydroxyl groups excluding tert-OH is 2. The van der Waals surface area contributed by atoms with Crippen LogP contribution in [0.25, 0.3) is 6.08 Å². The summed E-state index contributed by atoms with van der Waals surface area (Å²) in [5.74, 6) is -1.70. The smallest absolute Gasteiger partial charge is 0.331 e. The second kappa shape index (κ2) is 17.9. The van der Waals surface area contributed by atoms with E-state index in [1.54, 1.807) is 26.8 Å². The summed E-state index contributed by atoms with van der Waals surface area (Å²) in [6.45, 7) is 12.7. The summed E-state index contributed by atoms with van der Waals surface area (Å²) >= 11 is 0. The van der Waals surface area contributed by atoms with E-state index in [4.69, 9.17) is 33.2 Å². The van der Waals surface area contributed by atoms with Gasteiger partial charge in [0.25, 0.3) is 0 Å². The molecule has 0 aromatic heterocycles. The lowest BCUT2D eigenvalue weighted by molar-refractivity contribution is -0.328. The van der Waals surface area contributed by atoms with Gasteiger partial charge < -0.3 is 58.7 Å². The number of fused-ring (bicyclic) bond motifs is 5. The molecule has 62 heavy (non-hydrogen) atoms. The largest absolute Gasteiger partial charge is 0.460 e. The highest BCUT2D eigenvalue weighted by Gasteiger charge is 2.81. The number of rotatable bonds is 12. The zero-order valence-corrected chi connectivity index (χ0v) is 37.6. The normalized spacial score (nSPS) is 44.8. The Bertz CT molecular complexity index is 1810. The van der Waals surface area contributed by atoms with Gasteiger partial charge in [-0.1, -0.05) is 69.7 Å². The third-order valence-electron chi connectivity index (χ3n) is 15.9. The van der Waals surface area contributed by atoms with Crippen LogP contribution in [-0.2, 0) is 42.7 Å². The Hall–Kier alpha value is -2.76. The Balaban J connectivity index is 1.10. The molecule has 0 bridgehead atoms. The van der Waals surface area contributed by atoms with Crippen molar-refractivity contribution in [1.82, 2.24) is 0 Å². The molecule has 1 aromatic carbocycles. The molecule has 17 atom stereocenters. The summed E-state index contributed by atoms with van der Waals surface area (Å²) in [6.07, 6.45) is -0.162. The molecule has 14 nitrogen and oxygen atoms in total. The predicted molar refractivity (Wildman–Crippen MR) is 226 cm³/mol. The first-order chi connectivity index (χ1) is 29.2. The Morgan fingerprint density at radius 1 is 0.919 bits per heavy atom. The number of benzene rings is 1. The second-order valence-electron chi connectivity index (χ2n) is 19.9. The van der Waals surface area contributed by atoms with Gasteiger partial charge in [0.1, 0.15) is 41.2 Å². The van der Waals surface area contributed by atoms with Crippen molar-refractivity contribution in [2.24, 2.45) is 22.7 Å². The topological polar surface area (TPSA) is 200 Å². The van der Waals surface area contributed by atoms with Crippen LogP contribution in [0.1, 0.15) is 118 Å². The molecule has 2 saturated heterocycles. The van der Waals surface area contributed by atoms with Crippen LogP contribution in [0, 0.1) is 22.7 Å². The van der Waals surface area contributed by atoms with Gasteiger partial charge in [0.2, 0.25) is 0 Å². The number of esters is 2. The standard InChI is InChI=1S/C48H70O14/c1-27(2)22-39(51)59-30(5)46(53)20-21-48(55)45(46,7)37(61-38(50)15-14-31-12-10-9-11-13-31)26-36-44(6)18-17-33(23-32(44)16-19-47(36,48)54)60-40-24-34(49)43(29(4)58-40)62-41-25-35(56-8)42(52)28(3)57-41/h9-16,27-30,33-37,40-43,49,52-55H,17-26H2,1-8H3/b15-14+/t28-,29-,30+,33+,34+,35-,36-,37-,40+,41+,42-,43-,44+,45-,46-,47+,48-/m1/s1. The number of hydrogen-bond acceptors (Lipinski definition) is 14. The SMILES string of the molecule is CO[C@@H]1C[C@H](O[C@H]2[C@@H](O)C[C@H](O[C@H]3CC[C@@]4(C)C(=CC[C@]5(O)[C@@H]4C[C@@H](OC(=O)/C=C/c4ccccc4)[C@@]4(C)[C@]5(O)CC[C@@]4(O)[C@H](C)OC(=O)CC(C)C)C3)O[C@@H]2C)O[C@H](C)[C@H]1O. The van der Waals surface area contributed by atoms with Crippen LogP contribution < -0.4 is 0 Å². The molecule has 2 aliphatic heterocycles. The van der Waals surface area contributed by atoms with Crippen LogP contribution >= 0.6 is 0 Å². The molecule has 0 amide bonds. The third-order valence-corrected chi connectivity index (χ3v) is 15.9. The maximum absolute atomic E-state index is 13.7. The van der Waals surface area contributed by atoms with Crippen molar-refractivity contribution in [3.63, 3.8) is 0 Å². The monoisotopic (exact) mass is 870 g/mol. The predicted octanol–water partition coefficient (Wildman–Crippen LogP) is 4.90. The van der Waals surface area contributed by atoms with Gasteiger partial charge in [-0.3, -0.25) is 4.79 Å². The average molecular weight is 871 g/mol. The number of aliphatic hydroxyl groups is 5. The highest BCUT2D eigenvalue weighted by Crippen LogP contribution is 2.71. The Labute approximate surface area is 365 Å². The second-order valence-corrected chi connectivity index (χ2v) is 19.9. The molecule has 7 rings (SSSR count). The first-order valence-electron chi connectivity index (χ1n) is 22.7. The molecule has 14 heteroatoms. The fourth-order valence-electron chi connectivity index (χ4n) is 12.2. The summed E-state index contributed by atoms with van der Waals surface area (Å²) in [4.78, 5) is 26.7. The third kappa shape index (κ3) is 8.24. The Morgan fingerprint density at radius 2 is 1.61 bits per heavy atom. The highest BCUT2D eigenvalue weighted by atomic mass is 16.7. The van der Waals surface area contributed by atoms with Crippen LogP contribution in [-0.4, -0.2) is 129 Å². The quantitative estimate of drug-likeness (QED) is 0.108. The minimum atomic E-state index is -1.95. The summed E-state index contributed by atoms with van der Waals surface area (Å²) in [5, 5.41) is 60.7. The zero-order valence-electron chi connectivity index (χ0n) is 37.6. The maximum atomic E-state index is 13.7. The minimum Gasteiger partial charge on any atom is -0.460 e. The van der Waals surface area contributed by atoms with Crippen molar-refractivity contribution in [3.8, 4) is 0 Å². The number of ether oxygens (including phenoxy) is 7. The number of methoxy groups -OCH3 is 1. The molecule has 4 aliphatic carbocycles. The van der Waals surface area contributed by atoms with Crippen molar-refractivity contribution in [2.45, 2.75) is 197 Å². The van der Waals surface area contributed by atoms with Crippen LogP contribution in [0.4, 0.5) is 0 Å². The lowest BCUT2D eigenvalue weighted by atomic mass is 9.42. The van der Waals surface area contributed by atoms with E-state index in [0.717, 1.165) is 11.1 Å². The van der Waals surface area contributed by atoms with Gasteiger partial charge in [-0.25, -0.2) is 4.79 Å². The molecule has 3 saturated carbocycles. The van der Waals surface area contributed by atoms with Gasteiger partial charge in [0, 0.05) is 38.4 Å². The van der Waals surface area contributed by atoms with Gasteiger partial charge in [-0.2, -0.15) is 0 Å². The maximum Gasteiger partial charge on any atom is 0.331 e. The molecule has 2 heterocycles. The van der Waals surface area contributed by atoms with Crippen LogP contribution in [0.2, 0.25) is 0 Å². The van der Waals surface area contributed by atoms with Crippen LogP contribution in [0.15, 0.2) is 48.1 Å². The van der Waals surface area contributed by atoms with Gasteiger partial charge in [0.15, 0.2) is 12.6 Å². The Morgan fingerprint density at radius 3 is 2.29 bits per heavy atom. The number of carbonyl (C=O) groups is 2. The molecular weight excluding hydrogens is 801 g/mol. The van der Waals surface area contributed by atoms with E-state index < -0.39 is 107 Å². The lowest BCUT2D eigenvalue weighted by Crippen LogP contribution is -2.78.